The first-order chi connectivity index (χ1) is 14.1. The van der Waals surface area contributed by atoms with E-state index < -0.39 is 0 Å². The Bertz CT molecular complexity index is 842. The van der Waals surface area contributed by atoms with Crippen LogP contribution in [0.3, 0.4) is 0 Å². The van der Waals surface area contributed by atoms with Crippen molar-refractivity contribution in [2.24, 2.45) is 4.99 Å². The van der Waals surface area contributed by atoms with Crippen LogP contribution >= 0.6 is 11.6 Å². The number of rotatable bonds is 6. The zero-order valence-corrected chi connectivity index (χ0v) is 17.7. The predicted molar refractivity (Wildman–Crippen MR) is 118 cm³/mol. The number of benzene rings is 1. The average molecular weight is 416 g/mol. The SMILES string of the molecule is CC1=C2NC(=NCCCCN3CCCC3)NNC2=CC(c2cc(O)ccc2Cl)C1. The number of allylic oxidation sites excluding steroid dienone is 2. The van der Waals surface area contributed by atoms with Crippen LogP contribution in [0.1, 0.15) is 50.5 Å². The third kappa shape index (κ3) is 4.87. The maximum Gasteiger partial charge on any atom is 0.214 e. The maximum absolute atomic E-state index is 9.83. The summed E-state index contributed by atoms with van der Waals surface area (Å²) in [6, 6.07) is 5.12. The monoisotopic (exact) mass is 415 g/mol. The summed E-state index contributed by atoms with van der Waals surface area (Å²) >= 11 is 6.37. The van der Waals surface area contributed by atoms with Crippen molar-refractivity contribution in [2.75, 3.05) is 26.2 Å². The van der Waals surface area contributed by atoms with Crippen LogP contribution in [0.15, 0.2) is 46.2 Å². The topological polar surface area (TPSA) is 71.9 Å². The van der Waals surface area contributed by atoms with Crippen LogP contribution in [0.4, 0.5) is 0 Å². The number of aliphatic imine (C=N–C) groups is 1. The lowest BCUT2D eigenvalue weighted by atomic mass is 9.86. The molecule has 0 aromatic heterocycles. The molecule has 2 aliphatic heterocycles. The highest BCUT2D eigenvalue weighted by atomic mass is 35.5. The molecule has 2 fully saturated rings. The van der Waals surface area contributed by atoms with E-state index in [0.29, 0.717) is 5.02 Å². The Morgan fingerprint density at radius 3 is 2.86 bits per heavy atom. The summed E-state index contributed by atoms with van der Waals surface area (Å²) in [5, 5.41) is 13.9. The van der Waals surface area contributed by atoms with Crippen molar-refractivity contribution in [3.05, 3.63) is 51.8 Å². The second kappa shape index (κ2) is 9.09. The number of guanidine groups is 1. The molecule has 2 heterocycles. The van der Waals surface area contributed by atoms with Crippen molar-refractivity contribution in [1.29, 1.82) is 0 Å². The number of fused-ring (bicyclic) bond motifs is 1. The molecule has 4 rings (SSSR count). The summed E-state index contributed by atoms with van der Waals surface area (Å²) in [7, 11) is 0. The van der Waals surface area contributed by atoms with Gasteiger partial charge in [-0.1, -0.05) is 11.6 Å². The molecule has 29 heavy (non-hydrogen) atoms. The van der Waals surface area contributed by atoms with Crippen LogP contribution in [0.25, 0.3) is 0 Å². The quantitative estimate of drug-likeness (QED) is 0.534. The highest BCUT2D eigenvalue weighted by molar-refractivity contribution is 6.31. The number of aromatic hydroxyl groups is 1. The van der Waals surface area contributed by atoms with E-state index in [2.05, 4.69) is 39.1 Å². The molecule has 1 aliphatic carbocycles. The van der Waals surface area contributed by atoms with E-state index >= 15 is 0 Å². The molecular formula is C22H30ClN5O. The standard InChI is InChI=1S/C22H30ClN5O/c1-15-12-16(18-14-17(29)6-7-19(18)23)13-20-21(15)25-22(27-26-20)24-8-2-3-9-28-10-4-5-11-28/h6-7,13-14,16,26,29H,2-5,8-12H2,1H3,(H2,24,25,27). The molecule has 2 saturated heterocycles. The molecule has 0 amide bonds. The van der Waals surface area contributed by atoms with Crippen LogP contribution in [-0.2, 0) is 0 Å². The van der Waals surface area contributed by atoms with Gasteiger partial charge < -0.3 is 15.3 Å². The van der Waals surface area contributed by atoms with Crippen LogP contribution in [0.2, 0.25) is 5.02 Å². The lowest BCUT2D eigenvalue weighted by Gasteiger charge is -2.32. The van der Waals surface area contributed by atoms with Crippen molar-refractivity contribution in [2.45, 2.75) is 44.9 Å². The fourth-order valence-corrected chi connectivity index (χ4v) is 4.56. The van der Waals surface area contributed by atoms with Gasteiger partial charge in [-0.2, -0.15) is 0 Å². The van der Waals surface area contributed by atoms with Crippen LogP contribution in [-0.4, -0.2) is 42.1 Å². The van der Waals surface area contributed by atoms with Crippen molar-refractivity contribution in [3.8, 4) is 5.75 Å². The molecule has 0 saturated carbocycles. The van der Waals surface area contributed by atoms with Crippen LogP contribution in [0.5, 0.6) is 5.75 Å². The van der Waals surface area contributed by atoms with E-state index in [1.807, 2.05) is 0 Å². The Morgan fingerprint density at radius 2 is 2.03 bits per heavy atom. The molecule has 3 aliphatic rings. The molecule has 0 bridgehead atoms. The van der Waals surface area contributed by atoms with Crippen molar-refractivity contribution in [3.63, 3.8) is 0 Å². The molecule has 1 unspecified atom stereocenters. The number of nitrogens with zero attached hydrogens (tertiary/aromatic N) is 2. The molecule has 1 aromatic carbocycles. The molecule has 0 radical (unpaired) electrons. The maximum atomic E-state index is 9.83. The summed E-state index contributed by atoms with van der Waals surface area (Å²) in [6.07, 6.45) is 8.00. The summed E-state index contributed by atoms with van der Waals surface area (Å²) in [5.74, 6) is 1.13. The zero-order chi connectivity index (χ0) is 20.2. The minimum absolute atomic E-state index is 0.119. The predicted octanol–water partition coefficient (Wildman–Crippen LogP) is 3.62. The highest BCUT2D eigenvalue weighted by Gasteiger charge is 2.26. The molecule has 6 nitrogen and oxygen atoms in total. The Kier molecular flexibility index (Phi) is 6.31. The van der Waals surface area contributed by atoms with Crippen molar-refractivity contribution < 1.29 is 5.11 Å². The Labute approximate surface area is 177 Å². The first-order valence-corrected chi connectivity index (χ1v) is 10.9. The number of phenols is 1. The van der Waals surface area contributed by atoms with Crippen molar-refractivity contribution in [1.82, 2.24) is 21.1 Å². The van der Waals surface area contributed by atoms with E-state index in [9.17, 15) is 5.11 Å². The Morgan fingerprint density at radius 1 is 1.21 bits per heavy atom. The van der Waals surface area contributed by atoms with Gasteiger partial charge in [-0.3, -0.25) is 15.8 Å². The van der Waals surface area contributed by atoms with E-state index in [1.54, 1.807) is 18.2 Å². The normalized spacial score (nSPS) is 23.3. The van der Waals surface area contributed by atoms with Gasteiger partial charge in [-0.15, -0.1) is 0 Å². The lowest BCUT2D eigenvalue weighted by molar-refractivity contribution is 0.331. The average Bonchev–Trinajstić information content (AvgIpc) is 3.23. The second-order valence-electron chi connectivity index (χ2n) is 8.11. The fraction of sp³-hybridized carbons (Fsp3) is 0.500. The molecular weight excluding hydrogens is 386 g/mol. The largest absolute Gasteiger partial charge is 0.508 e. The summed E-state index contributed by atoms with van der Waals surface area (Å²) < 4.78 is 0. The summed E-state index contributed by atoms with van der Waals surface area (Å²) in [5.41, 5.74) is 10.7. The fourth-order valence-electron chi connectivity index (χ4n) is 4.30. The summed E-state index contributed by atoms with van der Waals surface area (Å²) in [6.45, 7) is 6.66. The molecule has 0 spiro atoms. The third-order valence-electron chi connectivity index (χ3n) is 5.88. The number of nitrogens with one attached hydrogen (secondary N) is 3. The smallest absolute Gasteiger partial charge is 0.214 e. The minimum atomic E-state index is 0.119. The van der Waals surface area contributed by atoms with Gasteiger partial charge >= 0.3 is 0 Å². The van der Waals surface area contributed by atoms with Crippen LogP contribution in [0, 0.1) is 0 Å². The molecule has 1 aromatic rings. The first kappa shape index (κ1) is 20.1. The number of unbranched alkanes of at least 4 members (excludes halogenated alkanes) is 1. The van der Waals surface area contributed by atoms with Gasteiger partial charge in [0.1, 0.15) is 5.75 Å². The highest BCUT2D eigenvalue weighted by Crippen LogP contribution is 2.38. The number of phenolic OH excluding ortho intramolecular Hbond substituents is 1. The van der Waals surface area contributed by atoms with E-state index in [4.69, 9.17) is 11.6 Å². The third-order valence-corrected chi connectivity index (χ3v) is 6.22. The Balaban J connectivity index is 1.34. The zero-order valence-electron chi connectivity index (χ0n) is 17.0. The van der Waals surface area contributed by atoms with Gasteiger partial charge in [0.15, 0.2) is 0 Å². The number of hydrazine groups is 1. The van der Waals surface area contributed by atoms with Gasteiger partial charge in [0, 0.05) is 17.5 Å². The van der Waals surface area contributed by atoms with Gasteiger partial charge in [-0.05, 0) is 94.1 Å². The van der Waals surface area contributed by atoms with Crippen molar-refractivity contribution >= 4 is 17.6 Å². The van der Waals surface area contributed by atoms with E-state index in [0.717, 1.165) is 42.3 Å². The molecule has 156 valence electrons. The van der Waals surface area contributed by atoms with Gasteiger partial charge in [0.2, 0.25) is 5.96 Å². The molecule has 7 heteroatoms. The van der Waals surface area contributed by atoms with Gasteiger partial charge in [-0.25, -0.2) is 0 Å². The number of hydrogen-bond acceptors (Lipinski definition) is 4. The lowest BCUT2D eigenvalue weighted by Crippen LogP contribution is -2.52. The minimum Gasteiger partial charge on any atom is -0.508 e. The molecule has 4 N–H and O–H groups in total. The molecule has 1 atom stereocenters. The van der Waals surface area contributed by atoms with Gasteiger partial charge in [0.05, 0.1) is 11.4 Å². The number of hydrogen-bond donors (Lipinski definition) is 4. The number of likely N-dealkylation sites (tertiary alicyclic amines) is 1. The number of halogens is 1. The van der Waals surface area contributed by atoms with E-state index in [1.165, 1.54) is 44.5 Å². The van der Waals surface area contributed by atoms with Gasteiger partial charge in [0.25, 0.3) is 0 Å². The van der Waals surface area contributed by atoms with Crippen LogP contribution < -0.4 is 16.2 Å². The Hall–Kier alpha value is -2.18. The second-order valence-corrected chi connectivity index (χ2v) is 8.52. The van der Waals surface area contributed by atoms with E-state index in [-0.39, 0.29) is 11.7 Å². The first-order valence-electron chi connectivity index (χ1n) is 10.6. The summed E-state index contributed by atoms with van der Waals surface area (Å²) in [4.78, 5) is 7.22.